The minimum atomic E-state index is -3.89. The molecule has 0 amide bonds. The molecule has 0 aromatic heterocycles. The van der Waals surface area contributed by atoms with Crippen molar-refractivity contribution in [2.75, 3.05) is 33.9 Å². The van der Waals surface area contributed by atoms with Gasteiger partial charge in [-0.25, -0.2) is 12.8 Å². The van der Waals surface area contributed by atoms with E-state index in [4.69, 9.17) is 15.2 Å². The molecule has 0 aliphatic carbocycles. The summed E-state index contributed by atoms with van der Waals surface area (Å²) in [5.41, 5.74) is 5.49. The van der Waals surface area contributed by atoms with Gasteiger partial charge >= 0.3 is 0 Å². The third-order valence-electron chi connectivity index (χ3n) is 3.07. The van der Waals surface area contributed by atoms with Crippen LogP contribution in [-0.2, 0) is 14.8 Å². The summed E-state index contributed by atoms with van der Waals surface area (Å²) in [4.78, 5) is -0.221. The van der Waals surface area contributed by atoms with E-state index in [1.54, 1.807) is 6.92 Å². The maximum absolute atomic E-state index is 13.4. The Balaban J connectivity index is 0.00000441. The average Bonchev–Trinajstić information content (AvgIpc) is 2.47. The van der Waals surface area contributed by atoms with Crippen LogP contribution in [0.25, 0.3) is 0 Å². The number of nitrogens with zero attached hydrogens (tertiary/aromatic N) is 1. The van der Waals surface area contributed by atoms with Gasteiger partial charge in [-0.15, -0.1) is 12.4 Å². The van der Waals surface area contributed by atoms with Crippen molar-refractivity contribution >= 4 is 22.4 Å². The molecular weight excluding hydrogens is 335 g/mol. The lowest BCUT2D eigenvalue weighted by Crippen LogP contribution is -2.39. The second kappa shape index (κ2) is 9.26. The van der Waals surface area contributed by atoms with Crippen LogP contribution in [0.1, 0.15) is 6.92 Å². The first-order chi connectivity index (χ1) is 9.84. The predicted molar refractivity (Wildman–Crippen MR) is 84.5 cm³/mol. The molecule has 128 valence electrons. The van der Waals surface area contributed by atoms with Crippen molar-refractivity contribution < 1.29 is 22.3 Å². The fourth-order valence-electron chi connectivity index (χ4n) is 1.58. The smallest absolute Gasteiger partial charge is 0.246 e. The van der Waals surface area contributed by atoms with Crippen molar-refractivity contribution in [3.63, 3.8) is 0 Å². The summed E-state index contributed by atoms with van der Waals surface area (Å²) in [5, 5.41) is 0. The highest BCUT2D eigenvalue weighted by molar-refractivity contribution is 7.89. The Bertz CT molecular complexity index is 571. The van der Waals surface area contributed by atoms with Gasteiger partial charge in [0.05, 0.1) is 6.61 Å². The van der Waals surface area contributed by atoms with Crippen molar-refractivity contribution in [3.05, 3.63) is 24.0 Å². The third-order valence-corrected chi connectivity index (χ3v) is 5.06. The number of halogens is 2. The van der Waals surface area contributed by atoms with Crippen LogP contribution in [0.5, 0.6) is 5.75 Å². The normalized spacial score (nSPS) is 12.8. The van der Waals surface area contributed by atoms with Crippen molar-refractivity contribution in [1.29, 1.82) is 0 Å². The molecule has 1 atom stereocenters. The van der Waals surface area contributed by atoms with Gasteiger partial charge < -0.3 is 15.2 Å². The fraction of sp³-hybridized carbons (Fsp3) is 0.538. The Kier molecular flexibility index (Phi) is 8.87. The predicted octanol–water partition coefficient (Wildman–Crippen LogP) is 1.24. The van der Waals surface area contributed by atoms with E-state index in [0.717, 1.165) is 16.4 Å². The number of nitrogens with two attached hydrogens (primary N) is 1. The van der Waals surface area contributed by atoms with Gasteiger partial charge in [0.2, 0.25) is 10.0 Å². The van der Waals surface area contributed by atoms with Crippen molar-refractivity contribution in [3.8, 4) is 5.75 Å². The van der Waals surface area contributed by atoms with Crippen LogP contribution < -0.4 is 10.5 Å². The number of likely N-dealkylation sites (N-methyl/N-ethyl adjacent to an activating group) is 1. The topological polar surface area (TPSA) is 81.9 Å². The number of benzene rings is 1. The molecule has 2 N–H and O–H groups in total. The fourth-order valence-corrected chi connectivity index (χ4v) is 3.09. The largest absolute Gasteiger partial charge is 0.490 e. The summed E-state index contributed by atoms with van der Waals surface area (Å²) in [5.74, 6) is -0.564. The second-order valence-electron chi connectivity index (χ2n) is 4.54. The standard InChI is InChI=1S/C13H21FN2O4S.ClH/c1-10(9-15)16(2)21(17,18)13-8-11(14)4-5-12(13)20-7-6-19-3;/h4-5,8,10H,6-7,9,15H2,1-3H3;1H. The van der Waals surface area contributed by atoms with Crippen LogP contribution in [0.15, 0.2) is 23.1 Å². The summed E-state index contributed by atoms with van der Waals surface area (Å²) in [6, 6.07) is 2.97. The van der Waals surface area contributed by atoms with Crippen LogP contribution in [0.2, 0.25) is 0 Å². The third kappa shape index (κ3) is 5.06. The van der Waals surface area contributed by atoms with E-state index in [9.17, 15) is 12.8 Å². The monoisotopic (exact) mass is 356 g/mol. The number of sulfonamides is 1. The molecule has 0 bridgehead atoms. The molecular formula is C13H22ClFN2O4S. The zero-order valence-corrected chi connectivity index (χ0v) is 14.4. The van der Waals surface area contributed by atoms with Crippen LogP contribution in [0, 0.1) is 5.82 Å². The Hall–Kier alpha value is -0.930. The Labute approximate surface area is 136 Å². The highest BCUT2D eigenvalue weighted by Gasteiger charge is 2.28. The highest BCUT2D eigenvalue weighted by Crippen LogP contribution is 2.28. The van der Waals surface area contributed by atoms with E-state index in [0.29, 0.717) is 6.61 Å². The number of hydrogen-bond acceptors (Lipinski definition) is 5. The lowest BCUT2D eigenvalue weighted by molar-refractivity contribution is 0.144. The first-order valence-electron chi connectivity index (χ1n) is 6.44. The molecule has 1 rings (SSSR count). The van der Waals surface area contributed by atoms with Gasteiger partial charge in [0.15, 0.2) is 0 Å². The maximum Gasteiger partial charge on any atom is 0.246 e. The van der Waals surface area contributed by atoms with Crippen LogP contribution in [0.3, 0.4) is 0 Å². The first-order valence-corrected chi connectivity index (χ1v) is 7.88. The zero-order valence-electron chi connectivity index (χ0n) is 12.8. The van der Waals surface area contributed by atoms with E-state index in [2.05, 4.69) is 0 Å². The summed E-state index contributed by atoms with van der Waals surface area (Å²) in [7, 11) is -0.991. The van der Waals surface area contributed by atoms with Gasteiger partial charge in [0, 0.05) is 26.7 Å². The summed E-state index contributed by atoms with van der Waals surface area (Å²) < 4.78 is 49.8. The molecule has 0 radical (unpaired) electrons. The molecule has 0 spiro atoms. The van der Waals surface area contributed by atoms with Crippen molar-refractivity contribution in [2.24, 2.45) is 5.73 Å². The van der Waals surface area contributed by atoms with E-state index in [-0.39, 0.29) is 36.2 Å². The minimum Gasteiger partial charge on any atom is -0.490 e. The second-order valence-corrected chi connectivity index (χ2v) is 6.50. The van der Waals surface area contributed by atoms with Gasteiger partial charge in [-0.2, -0.15) is 4.31 Å². The average molecular weight is 357 g/mol. The Morgan fingerprint density at radius 2 is 2.00 bits per heavy atom. The lowest BCUT2D eigenvalue weighted by atomic mass is 10.3. The zero-order chi connectivity index (χ0) is 16.0. The van der Waals surface area contributed by atoms with E-state index in [1.165, 1.54) is 20.2 Å². The molecule has 0 aliphatic heterocycles. The number of rotatable bonds is 8. The molecule has 0 fully saturated rings. The SMILES string of the molecule is COCCOc1ccc(F)cc1S(=O)(=O)N(C)C(C)CN.Cl. The summed E-state index contributed by atoms with van der Waals surface area (Å²) in [6.45, 7) is 2.29. The Morgan fingerprint density at radius 1 is 1.36 bits per heavy atom. The molecule has 0 saturated carbocycles. The first kappa shape index (κ1) is 21.1. The van der Waals surface area contributed by atoms with Gasteiger partial charge in [-0.3, -0.25) is 0 Å². The van der Waals surface area contributed by atoms with E-state index >= 15 is 0 Å². The molecule has 0 aliphatic rings. The molecule has 1 aromatic carbocycles. The molecule has 0 heterocycles. The molecule has 6 nitrogen and oxygen atoms in total. The van der Waals surface area contributed by atoms with Gasteiger partial charge in [0.25, 0.3) is 0 Å². The van der Waals surface area contributed by atoms with Crippen molar-refractivity contribution in [2.45, 2.75) is 17.9 Å². The summed E-state index contributed by atoms with van der Waals surface area (Å²) in [6.07, 6.45) is 0. The van der Waals surface area contributed by atoms with Gasteiger partial charge in [-0.05, 0) is 25.1 Å². The van der Waals surface area contributed by atoms with Crippen molar-refractivity contribution in [1.82, 2.24) is 4.31 Å². The van der Waals surface area contributed by atoms with Gasteiger partial charge in [-0.1, -0.05) is 0 Å². The van der Waals surface area contributed by atoms with Crippen LogP contribution >= 0.6 is 12.4 Å². The number of ether oxygens (including phenoxy) is 2. The summed E-state index contributed by atoms with van der Waals surface area (Å²) >= 11 is 0. The van der Waals surface area contributed by atoms with Gasteiger partial charge in [0.1, 0.15) is 23.1 Å². The van der Waals surface area contributed by atoms with Crippen LogP contribution in [-0.4, -0.2) is 52.7 Å². The highest BCUT2D eigenvalue weighted by atomic mass is 35.5. The quantitative estimate of drug-likeness (QED) is 0.709. The van der Waals surface area contributed by atoms with E-state index < -0.39 is 21.9 Å². The molecule has 22 heavy (non-hydrogen) atoms. The van der Waals surface area contributed by atoms with E-state index in [1.807, 2.05) is 0 Å². The number of methoxy groups -OCH3 is 1. The Morgan fingerprint density at radius 3 is 2.55 bits per heavy atom. The molecule has 1 aromatic rings. The molecule has 9 heteroatoms. The number of hydrogen-bond donors (Lipinski definition) is 1. The minimum absolute atomic E-state index is 0. The molecule has 1 unspecified atom stereocenters. The lowest BCUT2D eigenvalue weighted by Gasteiger charge is -2.24. The maximum atomic E-state index is 13.4. The molecule has 0 saturated heterocycles. The van der Waals surface area contributed by atoms with Crippen LogP contribution in [0.4, 0.5) is 4.39 Å².